The number of anilines is 1. The number of aromatic nitrogens is 2. The smallest absolute Gasteiger partial charge is 0.223 e. The molecule has 0 radical (unpaired) electrons. The first kappa shape index (κ1) is 16.4. The van der Waals surface area contributed by atoms with Crippen molar-refractivity contribution in [3.05, 3.63) is 46.2 Å². The first-order chi connectivity index (χ1) is 12.2. The van der Waals surface area contributed by atoms with E-state index < -0.39 is 0 Å². The molecular weight excluding hydrogens is 332 g/mol. The summed E-state index contributed by atoms with van der Waals surface area (Å²) in [6, 6.07) is 2.14. The van der Waals surface area contributed by atoms with Gasteiger partial charge in [-0.3, -0.25) is 14.7 Å². The molecule has 2 aliphatic rings. The summed E-state index contributed by atoms with van der Waals surface area (Å²) in [4.78, 5) is 23.4. The lowest BCUT2D eigenvalue weighted by molar-refractivity contribution is -0.114. The van der Waals surface area contributed by atoms with Crippen molar-refractivity contribution < 1.29 is 4.79 Å². The van der Waals surface area contributed by atoms with Crippen LogP contribution >= 0.6 is 11.3 Å². The third kappa shape index (κ3) is 3.80. The van der Waals surface area contributed by atoms with Crippen LogP contribution in [0.15, 0.2) is 30.2 Å². The molecule has 1 unspecified atom stereocenters. The van der Waals surface area contributed by atoms with Crippen molar-refractivity contribution in [3.63, 3.8) is 0 Å². The molecular formula is C19H22N4OS. The van der Waals surface area contributed by atoms with Crippen LogP contribution in [0.1, 0.15) is 35.8 Å². The number of pyridine rings is 1. The summed E-state index contributed by atoms with van der Waals surface area (Å²) < 4.78 is 0. The molecule has 4 rings (SSSR count). The molecule has 5 nitrogen and oxygen atoms in total. The van der Waals surface area contributed by atoms with E-state index in [0.717, 1.165) is 26.1 Å². The number of likely N-dealkylation sites (tertiary alicyclic amines) is 1. The van der Waals surface area contributed by atoms with Crippen molar-refractivity contribution in [1.29, 1.82) is 0 Å². The number of piperidine rings is 1. The van der Waals surface area contributed by atoms with E-state index in [0.29, 0.717) is 11.0 Å². The highest BCUT2D eigenvalue weighted by Gasteiger charge is 2.26. The number of nitrogens with zero attached hydrogens (tertiary/aromatic N) is 3. The number of carbonyl (C=O) groups is 1. The molecule has 130 valence electrons. The Morgan fingerprint density at radius 3 is 3.20 bits per heavy atom. The molecule has 3 heterocycles. The lowest BCUT2D eigenvalue weighted by Gasteiger charge is -2.33. The molecule has 25 heavy (non-hydrogen) atoms. The average Bonchev–Trinajstić information content (AvgIpc) is 3.21. The highest BCUT2D eigenvalue weighted by molar-refractivity contribution is 7.15. The van der Waals surface area contributed by atoms with E-state index in [2.05, 4.69) is 32.3 Å². The predicted octanol–water partition coefficient (Wildman–Crippen LogP) is 3.35. The van der Waals surface area contributed by atoms with Gasteiger partial charge in [0.1, 0.15) is 0 Å². The van der Waals surface area contributed by atoms with Crippen LogP contribution in [0.4, 0.5) is 5.13 Å². The van der Waals surface area contributed by atoms with E-state index in [-0.39, 0.29) is 5.91 Å². The Morgan fingerprint density at radius 1 is 1.44 bits per heavy atom. The average molecular weight is 354 g/mol. The number of hydrogen-bond donors (Lipinski definition) is 1. The van der Waals surface area contributed by atoms with Gasteiger partial charge in [0.2, 0.25) is 5.91 Å². The van der Waals surface area contributed by atoms with Gasteiger partial charge >= 0.3 is 0 Å². The van der Waals surface area contributed by atoms with Crippen LogP contribution in [0.25, 0.3) is 6.08 Å². The Morgan fingerprint density at radius 2 is 2.36 bits per heavy atom. The molecule has 1 saturated heterocycles. The van der Waals surface area contributed by atoms with Crippen molar-refractivity contribution in [3.8, 4) is 0 Å². The Hall–Kier alpha value is -2.05. The molecule has 0 aromatic carbocycles. The molecule has 1 atom stereocenters. The van der Waals surface area contributed by atoms with E-state index in [1.54, 1.807) is 16.9 Å². The second-order valence-corrected chi connectivity index (χ2v) is 7.97. The topological polar surface area (TPSA) is 58.1 Å². The molecule has 2 aromatic heterocycles. The number of hydrogen-bond acceptors (Lipinski definition) is 5. The molecule has 1 amide bonds. The van der Waals surface area contributed by atoms with Crippen molar-refractivity contribution in [2.24, 2.45) is 5.92 Å². The Kier molecular flexibility index (Phi) is 4.63. The van der Waals surface area contributed by atoms with Crippen LogP contribution in [0.3, 0.4) is 0 Å². The molecule has 1 aliphatic carbocycles. The summed E-state index contributed by atoms with van der Waals surface area (Å²) in [6.07, 6.45) is 11.7. The summed E-state index contributed by atoms with van der Waals surface area (Å²) >= 11 is 1.57. The molecule has 6 heteroatoms. The quantitative estimate of drug-likeness (QED) is 0.915. The highest BCUT2D eigenvalue weighted by atomic mass is 32.1. The maximum atomic E-state index is 11.1. The minimum Gasteiger partial charge on any atom is -0.302 e. The van der Waals surface area contributed by atoms with Crippen LogP contribution < -0.4 is 5.32 Å². The van der Waals surface area contributed by atoms with E-state index in [1.807, 2.05) is 18.6 Å². The Balaban J connectivity index is 1.39. The van der Waals surface area contributed by atoms with Crippen LogP contribution in [-0.2, 0) is 17.8 Å². The molecule has 0 saturated carbocycles. The molecule has 1 N–H and O–H groups in total. The number of amides is 1. The first-order valence-electron chi connectivity index (χ1n) is 8.75. The van der Waals surface area contributed by atoms with Crippen molar-refractivity contribution in [2.45, 2.75) is 32.7 Å². The number of thiazole rings is 1. The van der Waals surface area contributed by atoms with Gasteiger partial charge in [-0.05, 0) is 48.9 Å². The van der Waals surface area contributed by atoms with Crippen molar-refractivity contribution in [1.82, 2.24) is 14.9 Å². The number of nitrogens with one attached hydrogen (secondary N) is 1. The summed E-state index contributed by atoms with van der Waals surface area (Å²) in [5.74, 6) is 0.560. The zero-order valence-corrected chi connectivity index (χ0v) is 15.2. The highest BCUT2D eigenvalue weighted by Crippen LogP contribution is 2.34. The zero-order chi connectivity index (χ0) is 17.2. The molecule has 1 fully saturated rings. The van der Waals surface area contributed by atoms with Gasteiger partial charge in [0.15, 0.2) is 5.13 Å². The van der Waals surface area contributed by atoms with Gasteiger partial charge in [0.25, 0.3) is 0 Å². The Bertz CT molecular complexity index is 813. The van der Waals surface area contributed by atoms with Gasteiger partial charge < -0.3 is 5.32 Å². The van der Waals surface area contributed by atoms with E-state index in [4.69, 9.17) is 0 Å². The normalized spacial score (nSPS) is 20.2. The standard InChI is InChI=1S/C19H22N4OS/c1-13(24)22-19-21-10-18(25-19)12-23-6-2-3-15(11-23)16-7-14-4-5-20-9-17(14)8-16/h4-5,8-10,15H,2-3,6-7,11-12H2,1H3,(H,21,22,24). The first-order valence-corrected chi connectivity index (χ1v) is 9.57. The summed E-state index contributed by atoms with van der Waals surface area (Å²) in [5, 5.41) is 3.45. The zero-order valence-electron chi connectivity index (χ0n) is 14.4. The summed E-state index contributed by atoms with van der Waals surface area (Å²) in [7, 11) is 0. The second-order valence-electron chi connectivity index (χ2n) is 6.86. The lowest BCUT2D eigenvalue weighted by Crippen LogP contribution is -2.35. The predicted molar refractivity (Wildman–Crippen MR) is 100 cm³/mol. The monoisotopic (exact) mass is 354 g/mol. The largest absolute Gasteiger partial charge is 0.302 e. The minimum atomic E-state index is -0.0684. The molecule has 2 aromatic rings. The van der Waals surface area contributed by atoms with Crippen molar-refractivity contribution in [2.75, 3.05) is 18.4 Å². The maximum Gasteiger partial charge on any atom is 0.223 e. The maximum absolute atomic E-state index is 11.1. The number of rotatable bonds is 4. The SMILES string of the molecule is CC(=O)Nc1ncc(CN2CCCC(C3=Cc4cnccc4C3)C2)s1. The van der Waals surface area contributed by atoms with Crippen LogP contribution in [0, 0.1) is 5.92 Å². The summed E-state index contributed by atoms with van der Waals surface area (Å²) in [5.41, 5.74) is 4.25. The summed E-state index contributed by atoms with van der Waals surface area (Å²) in [6.45, 7) is 4.65. The second kappa shape index (κ2) is 7.06. The molecule has 1 aliphatic heterocycles. The van der Waals surface area contributed by atoms with Crippen LogP contribution in [0.2, 0.25) is 0 Å². The molecule has 0 spiro atoms. The van der Waals surface area contributed by atoms with Crippen molar-refractivity contribution >= 4 is 28.5 Å². The fourth-order valence-corrected chi connectivity index (χ4v) is 4.67. The van der Waals surface area contributed by atoms with E-state index in [1.165, 1.54) is 35.8 Å². The van der Waals surface area contributed by atoms with E-state index in [9.17, 15) is 4.79 Å². The third-order valence-electron chi connectivity index (χ3n) is 4.93. The van der Waals surface area contributed by atoms with Gasteiger partial charge in [-0.1, -0.05) is 11.6 Å². The minimum absolute atomic E-state index is 0.0684. The Labute approximate surface area is 151 Å². The fraction of sp³-hybridized carbons (Fsp3) is 0.421. The third-order valence-corrected chi connectivity index (χ3v) is 5.83. The number of fused-ring (bicyclic) bond motifs is 1. The number of carbonyl (C=O) groups excluding carboxylic acids is 1. The van der Waals surface area contributed by atoms with Crippen LogP contribution in [0.5, 0.6) is 0 Å². The van der Waals surface area contributed by atoms with E-state index >= 15 is 0 Å². The van der Waals surface area contributed by atoms with Gasteiger partial charge in [-0.2, -0.15) is 0 Å². The molecule has 0 bridgehead atoms. The van der Waals surface area contributed by atoms with Gasteiger partial charge in [-0.25, -0.2) is 4.98 Å². The fourth-order valence-electron chi connectivity index (χ4n) is 3.77. The van der Waals surface area contributed by atoms with Crippen LogP contribution in [-0.4, -0.2) is 33.9 Å². The van der Waals surface area contributed by atoms with Gasteiger partial charge in [0.05, 0.1) is 0 Å². The van der Waals surface area contributed by atoms with Gasteiger partial charge in [0, 0.05) is 43.5 Å². The lowest BCUT2D eigenvalue weighted by atomic mass is 9.89. The van der Waals surface area contributed by atoms with Gasteiger partial charge in [-0.15, -0.1) is 11.3 Å².